The topological polar surface area (TPSA) is 50.3 Å². The third kappa shape index (κ3) is 5.00. The summed E-state index contributed by atoms with van der Waals surface area (Å²) in [6.45, 7) is 8.91. The van der Waals surface area contributed by atoms with Crippen LogP contribution in [0.4, 0.5) is 0 Å². The molecule has 0 bridgehead atoms. The van der Waals surface area contributed by atoms with Gasteiger partial charge in [0, 0.05) is 50.2 Å². The Labute approximate surface area is 150 Å². The summed E-state index contributed by atoms with van der Waals surface area (Å²) in [6.07, 6.45) is 4.81. The average molecular weight is 340 g/mol. The van der Waals surface area contributed by atoms with Gasteiger partial charge in [-0.3, -0.25) is 9.88 Å². The average Bonchev–Trinajstić information content (AvgIpc) is 2.63. The van der Waals surface area contributed by atoms with Crippen molar-refractivity contribution in [1.82, 2.24) is 20.2 Å². The van der Waals surface area contributed by atoms with Crippen molar-refractivity contribution in [2.45, 2.75) is 39.4 Å². The summed E-state index contributed by atoms with van der Waals surface area (Å²) in [7, 11) is 0. The number of ether oxygens (including phenoxy) is 1. The summed E-state index contributed by atoms with van der Waals surface area (Å²) in [6, 6.07) is 10.7. The van der Waals surface area contributed by atoms with Gasteiger partial charge in [0.1, 0.15) is 0 Å². The lowest BCUT2D eigenvalue weighted by atomic mass is 9.93. The van der Waals surface area contributed by atoms with E-state index < -0.39 is 0 Å². The number of rotatable bonds is 7. The van der Waals surface area contributed by atoms with Gasteiger partial charge >= 0.3 is 0 Å². The van der Waals surface area contributed by atoms with E-state index in [-0.39, 0.29) is 0 Å². The van der Waals surface area contributed by atoms with Crippen molar-refractivity contribution < 1.29 is 4.74 Å². The van der Waals surface area contributed by atoms with Crippen LogP contribution >= 0.6 is 0 Å². The Morgan fingerprint density at radius 1 is 1.20 bits per heavy atom. The third-order valence-electron chi connectivity index (χ3n) is 4.79. The highest BCUT2D eigenvalue weighted by molar-refractivity contribution is 5.25. The molecular weight excluding hydrogens is 312 g/mol. The summed E-state index contributed by atoms with van der Waals surface area (Å²) in [5.74, 6) is 1.35. The molecule has 1 saturated heterocycles. The minimum atomic E-state index is 0.523. The van der Waals surface area contributed by atoms with Crippen molar-refractivity contribution in [3.05, 3.63) is 54.0 Å². The summed E-state index contributed by atoms with van der Waals surface area (Å²) in [5.41, 5.74) is 2.28. The molecule has 0 saturated carbocycles. The number of hydrogen-bond donors (Lipinski definition) is 1. The van der Waals surface area contributed by atoms with Gasteiger partial charge in [0.25, 0.3) is 0 Å². The molecule has 0 amide bonds. The van der Waals surface area contributed by atoms with E-state index in [1.54, 1.807) is 6.20 Å². The van der Waals surface area contributed by atoms with Crippen molar-refractivity contribution in [1.29, 1.82) is 0 Å². The van der Waals surface area contributed by atoms with Crippen LogP contribution in [0.25, 0.3) is 0 Å². The van der Waals surface area contributed by atoms with Crippen molar-refractivity contribution in [3.8, 4) is 5.88 Å². The number of aromatic nitrogens is 2. The fourth-order valence-electron chi connectivity index (χ4n) is 3.47. The van der Waals surface area contributed by atoms with Crippen LogP contribution < -0.4 is 10.1 Å². The van der Waals surface area contributed by atoms with Gasteiger partial charge in [-0.15, -0.1) is 0 Å². The number of pyridine rings is 2. The predicted octanol–water partition coefficient (Wildman–Crippen LogP) is 2.88. The first-order valence-electron chi connectivity index (χ1n) is 9.18. The van der Waals surface area contributed by atoms with Gasteiger partial charge in [-0.05, 0) is 37.5 Å². The van der Waals surface area contributed by atoms with E-state index in [1.165, 1.54) is 0 Å². The maximum absolute atomic E-state index is 5.62. The minimum absolute atomic E-state index is 0.523. The number of nitrogens with zero attached hydrogens (tertiary/aromatic N) is 3. The zero-order valence-corrected chi connectivity index (χ0v) is 15.2. The maximum atomic E-state index is 5.62. The van der Waals surface area contributed by atoms with Crippen LogP contribution in [0, 0.1) is 5.92 Å². The third-order valence-corrected chi connectivity index (χ3v) is 4.79. The Morgan fingerprint density at radius 2 is 2.08 bits per heavy atom. The highest BCUT2D eigenvalue weighted by Crippen LogP contribution is 2.20. The van der Waals surface area contributed by atoms with Crippen LogP contribution in [-0.4, -0.2) is 40.6 Å². The highest BCUT2D eigenvalue weighted by Gasteiger charge is 2.26. The first kappa shape index (κ1) is 17.8. The number of nitrogens with one attached hydrogen (secondary N) is 1. The van der Waals surface area contributed by atoms with Gasteiger partial charge in [0.15, 0.2) is 0 Å². The molecule has 1 fully saturated rings. The molecule has 0 unspecified atom stereocenters. The molecule has 1 aliphatic heterocycles. The standard InChI is InChI=1S/C20H28N4O/c1-3-25-20-17(7-6-11-22-20)13-23-19-9-12-24(14-16(19)2)15-18-8-4-5-10-21-18/h4-8,10-11,16,19,23H,3,9,12-15H2,1-2H3/t16-,19+/m1/s1. The fourth-order valence-corrected chi connectivity index (χ4v) is 3.47. The molecule has 5 heteroatoms. The second-order valence-corrected chi connectivity index (χ2v) is 6.71. The van der Waals surface area contributed by atoms with Crippen molar-refractivity contribution in [3.63, 3.8) is 0 Å². The van der Waals surface area contributed by atoms with Crippen LogP contribution in [-0.2, 0) is 13.1 Å². The zero-order chi connectivity index (χ0) is 17.5. The SMILES string of the molecule is CCOc1ncccc1CN[C@H]1CCN(Cc2ccccn2)C[C@H]1C. The second-order valence-electron chi connectivity index (χ2n) is 6.71. The van der Waals surface area contributed by atoms with E-state index in [2.05, 4.69) is 45.3 Å². The molecule has 2 aromatic heterocycles. The first-order chi connectivity index (χ1) is 12.3. The maximum Gasteiger partial charge on any atom is 0.217 e. The Morgan fingerprint density at radius 3 is 2.84 bits per heavy atom. The van der Waals surface area contributed by atoms with E-state index in [4.69, 9.17) is 4.74 Å². The molecule has 25 heavy (non-hydrogen) atoms. The number of hydrogen-bond acceptors (Lipinski definition) is 5. The molecule has 3 heterocycles. The molecule has 5 nitrogen and oxygen atoms in total. The summed E-state index contributed by atoms with van der Waals surface area (Å²) in [4.78, 5) is 11.3. The lowest BCUT2D eigenvalue weighted by Gasteiger charge is -2.37. The summed E-state index contributed by atoms with van der Waals surface area (Å²) >= 11 is 0. The second kappa shape index (κ2) is 8.92. The van der Waals surface area contributed by atoms with Crippen LogP contribution in [0.2, 0.25) is 0 Å². The van der Waals surface area contributed by atoms with E-state index >= 15 is 0 Å². The summed E-state index contributed by atoms with van der Waals surface area (Å²) in [5, 5.41) is 3.71. The minimum Gasteiger partial charge on any atom is -0.478 e. The molecule has 0 radical (unpaired) electrons. The van der Waals surface area contributed by atoms with Crippen molar-refractivity contribution >= 4 is 0 Å². The van der Waals surface area contributed by atoms with Gasteiger partial charge in [-0.1, -0.05) is 19.1 Å². The zero-order valence-electron chi connectivity index (χ0n) is 15.2. The van der Waals surface area contributed by atoms with Crippen LogP contribution in [0.1, 0.15) is 31.5 Å². The van der Waals surface area contributed by atoms with E-state index in [0.717, 1.165) is 49.7 Å². The molecule has 0 aromatic carbocycles. The van der Waals surface area contributed by atoms with Crippen molar-refractivity contribution in [2.24, 2.45) is 5.92 Å². The number of piperidine rings is 1. The molecule has 2 aromatic rings. The smallest absolute Gasteiger partial charge is 0.217 e. The lowest BCUT2D eigenvalue weighted by Crippen LogP contribution is -2.47. The Hall–Kier alpha value is -1.98. The van der Waals surface area contributed by atoms with Gasteiger partial charge in [0.05, 0.1) is 12.3 Å². The molecule has 3 rings (SSSR count). The monoisotopic (exact) mass is 340 g/mol. The largest absolute Gasteiger partial charge is 0.478 e. The molecule has 1 aliphatic rings. The highest BCUT2D eigenvalue weighted by atomic mass is 16.5. The molecule has 134 valence electrons. The molecular formula is C20H28N4O. The lowest BCUT2D eigenvalue weighted by molar-refractivity contribution is 0.138. The molecule has 0 aliphatic carbocycles. The predicted molar refractivity (Wildman–Crippen MR) is 99.3 cm³/mol. The van der Waals surface area contributed by atoms with E-state index in [9.17, 15) is 0 Å². The molecule has 2 atom stereocenters. The number of likely N-dealkylation sites (tertiary alicyclic amines) is 1. The van der Waals surface area contributed by atoms with Crippen LogP contribution in [0.3, 0.4) is 0 Å². The molecule has 0 spiro atoms. The van der Waals surface area contributed by atoms with Gasteiger partial charge in [-0.2, -0.15) is 0 Å². The van der Waals surface area contributed by atoms with Gasteiger partial charge < -0.3 is 10.1 Å². The Bertz CT molecular complexity index is 649. The van der Waals surface area contributed by atoms with Crippen LogP contribution in [0.15, 0.2) is 42.7 Å². The normalized spacial score (nSPS) is 21.2. The first-order valence-corrected chi connectivity index (χ1v) is 9.18. The fraction of sp³-hybridized carbons (Fsp3) is 0.500. The van der Waals surface area contributed by atoms with Crippen molar-refractivity contribution in [2.75, 3.05) is 19.7 Å². The quantitative estimate of drug-likeness (QED) is 0.840. The van der Waals surface area contributed by atoms with Gasteiger partial charge in [0.2, 0.25) is 5.88 Å². The van der Waals surface area contributed by atoms with E-state index in [0.29, 0.717) is 18.6 Å². The van der Waals surface area contributed by atoms with E-state index in [1.807, 2.05) is 25.3 Å². The summed E-state index contributed by atoms with van der Waals surface area (Å²) < 4.78 is 5.62. The Kier molecular flexibility index (Phi) is 6.36. The van der Waals surface area contributed by atoms with Crippen LogP contribution in [0.5, 0.6) is 5.88 Å². The van der Waals surface area contributed by atoms with Gasteiger partial charge in [-0.25, -0.2) is 4.98 Å². The molecule has 1 N–H and O–H groups in total. The Balaban J connectivity index is 1.50.